The van der Waals surface area contributed by atoms with Gasteiger partial charge in [0.1, 0.15) is 5.78 Å². The molecule has 2 heteroatoms. The van der Waals surface area contributed by atoms with Gasteiger partial charge in [0.05, 0.1) is 0 Å². The van der Waals surface area contributed by atoms with Gasteiger partial charge in [0.2, 0.25) is 0 Å². The predicted octanol–water partition coefficient (Wildman–Crippen LogP) is 6.75. The van der Waals surface area contributed by atoms with Gasteiger partial charge < -0.3 is 10.1 Å². The van der Waals surface area contributed by atoms with Crippen molar-refractivity contribution < 1.29 is 4.79 Å². The van der Waals surface area contributed by atoms with E-state index in [1.807, 2.05) is 0 Å². The van der Waals surface area contributed by atoms with E-state index in [9.17, 15) is 4.79 Å². The molecule has 0 radical (unpaired) electrons. The van der Waals surface area contributed by atoms with Crippen LogP contribution in [0.5, 0.6) is 0 Å². The zero-order valence-corrected chi connectivity index (χ0v) is 16.2. The molecule has 2 rings (SSSR count). The van der Waals surface area contributed by atoms with E-state index in [-0.39, 0.29) is 0 Å². The number of allylic oxidation sites excluding steroid dienone is 5. The standard InChI is InChI=1S/C24H33NO/c1-20(11-6-3-4-7-12-21(2)26)25-24-16-10-15-23(19-24)18-17-22-13-8-5-9-14-22/h8,10,13-16,19,25H,1,3-7,9,11-12,17-18H2,2H3. The average molecular weight is 352 g/mol. The lowest BCUT2D eigenvalue weighted by molar-refractivity contribution is -0.117. The Labute approximate surface area is 159 Å². The highest BCUT2D eigenvalue weighted by Crippen LogP contribution is 2.20. The zero-order valence-electron chi connectivity index (χ0n) is 16.2. The summed E-state index contributed by atoms with van der Waals surface area (Å²) in [6, 6.07) is 8.68. The first kappa shape index (κ1) is 20.2. The van der Waals surface area contributed by atoms with E-state index >= 15 is 0 Å². The third kappa shape index (κ3) is 8.33. The molecule has 0 aromatic heterocycles. The topological polar surface area (TPSA) is 29.1 Å². The molecule has 1 aliphatic rings. The Morgan fingerprint density at radius 3 is 2.62 bits per heavy atom. The van der Waals surface area contributed by atoms with Gasteiger partial charge in [-0.3, -0.25) is 0 Å². The van der Waals surface area contributed by atoms with E-state index in [0.717, 1.165) is 62.8 Å². The molecule has 26 heavy (non-hydrogen) atoms. The Bertz CT molecular complexity index is 654. The Kier molecular flexibility index (Phi) is 8.95. The maximum atomic E-state index is 10.9. The van der Waals surface area contributed by atoms with Crippen LogP contribution in [0.3, 0.4) is 0 Å². The Hall–Kier alpha value is -2.09. The van der Waals surface area contributed by atoms with Gasteiger partial charge in [-0.1, -0.05) is 55.4 Å². The summed E-state index contributed by atoms with van der Waals surface area (Å²) >= 11 is 0. The summed E-state index contributed by atoms with van der Waals surface area (Å²) in [6.07, 6.45) is 17.6. The SMILES string of the molecule is C=C(CCCCCCC(C)=O)Nc1cccc(CCC2=CCCC=C2)c1. The summed E-state index contributed by atoms with van der Waals surface area (Å²) < 4.78 is 0. The summed E-state index contributed by atoms with van der Waals surface area (Å²) in [7, 11) is 0. The number of hydrogen-bond acceptors (Lipinski definition) is 2. The number of hydrogen-bond donors (Lipinski definition) is 1. The molecule has 0 saturated heterocycles. The van der Waals surface area contributed by atoms with Gasteiger partial charge in [0.15, 0.2) is 0 Å². The Morgan fingerprint density at radius 2 is 1.88 bits per heavy atom. The summed E-state index contributed by atoms with van der Waals surface area (Å²) in [6.45, 7) is 5.83. The van der Waals surface area contributed by atoms with Gasteiger partial charge in [-0.2, -0.15) is 0 Å². The van der Waals surface area contributed by atoms with Gasteiger partial charge in [-0.25, -0.2) is 0 Å². The Morgan fingerprint density at radius 1 is 1.08 bits per heavy atom. The third-order valence-corrected chi connectivity index (χ3v) is 4.78. The van der Waals surface area contributed by atoms with Gasteiger partial charge >= 0.3 is 0 Å². The fourth-order valence-electron chi connectivity index (χ4n) is 3.28. The quantitative estimate of drug-likeness (QED) is 0.422. The summed E-state index contributed by atoms with van der Waals surface area (Å²) in [4.78, 5) is 10.9. The van der Waals surface area contributed by atoms with Crippen molar-refractivity contribution >= 4 is 11.5 Å². The summed E-state index contributed by atoms with van der Waals surface area (Å²) in [5, 5.41) is 3.45. The van der Waals surface area contributed by atoms with Crippen molar-refractivity contribution in [2.24, 2.45) is 0 Å². The zero-order chi connectivity index (χ0) is 18.6. The summed E-state index contributed by atoms with van der Waals surface area (Å²) in [5.74, 6) is 0.298. The van der Waals surface area contributed by atoms with Gasteiger partial charge in [-0.05, 0) is 69.6 Å². The fraction of sp³-hybridized carbons (Fsp3) is 0.458. The van der Waals surface area contributed by atoms with E-state index in [2.05, 4.69) is 54.4 Å². The van der Waals surface area contributed by atoms with E-state index in [1.54, 1.807) is 6.92 Å². The van der Waals surface area contributed by atoms with Crippen LogP contribution in [-0.2, 0) is 11.2 Å². The number of rotatable bonds is 12. The second-order valence-electron chi connectivity index (χ2n) is 7.30. The molecular weight excluding hydrogens is 318 g/mol. The first-order chi connectivity index (χ1) is 12.6. The average Bonchev–Trinajstić information content (AvgIpc) is 2.64. The number of carbonyl (C=O) groups excluding carboxylic acids is 1. The molecule has 1 aromatic rings. The molecule has 0 spiro atoms. The summed E-state index contributed by atoms with van der Waals surface area (Å²) in [5.41, 5.74) is 5.04. The molecule has 0 aliphatic heterocycles. The minimum atomic E-state index is 0.298. The third-order valence-electron chi connectivity index (χ3n) is 4.78. The smallest absolute Gasteiger partial charge is 0.129 e. The van der Waals surface area contributed by atoms with Crippen molar-refractivity contribution in [2.45, 2.75) is 71.1 Å². The highest BCUT2D eigenvalue weighted by atomic mass is 16.1. The molecular formula is C24H33NO. The van der Waals surface area contributed by atoms with E-state index in [1.165, 1.54) is 24.0 Å². The Balaban J connectivity index is 1.68. The predicted molar refractivity (Wildman–Crippen MR) is 112 cm³/mol. The number of anilines is 1. The normalized spacial score (nSPS) is 13.3. The largest absolute Gasteiger partial charge is 0.359 e. The van der Waals surface area contributed by atoms with Gasteiger partial charge in [0.25, 0.3) is 0 Å². The molecule has 0 atom stereocenters. The minimum Gasteiger partial charge on any atom is -0.359 e. The van der Waals surface area contributed by atoms with Crippen LogP contribution >= 0.6 is 0 Å². The molecule has 140 valence electrons. The highest BCUT2D eigenvalue weighted by molar-refractivity contribution is 5.75. The van der Waals surface area contributed by atoms with Crippen molar-refractivity contribution in [3.05, 3.63) is 65.9 Å². The maximum absolute atomic E-state index is 10.9. The molecule has 2 nitrogen and oxygen atoms in total. The molecule has 0 bridgehead atoms. The molecule has 0 fully saturated rings. The molecule has 0 unspecified atom stereocenters. The lowest BCUT2D eigenvalue weighted by atomic mass is 9.99. The maximum Gasteiger partial charge on any atom is 0.129 e. The van der Waals surface area contributed by atoms with Crippen molar-refractivity contribution in [3.63, 3.8) is 0 Å². The molecule has 1 N–H and O–H groups in total. The minimum absolute atomic E-state index is 0.298. The fourth-order valence-corrected chi connectivity index (χ4v) is 3.28. The molecule has 1 aliphatic carbocycles. The number of carbonyl (C=O) groups is 1. The van der Waals surface area contributed by atoms with Crippen LogP contribution in [-0.4, -0.2) is 5.78 Å². The number of aryl methyl sites for hydroxylation is 1. The van der Waals surface area contributed by atoms with Crippen LogP contribution in [0.2, 0.25) is 0 Å². The lowest BCUT2D eigenvalue weighted by Gasteiger charge is -2.12. The van der Waals surface area contributed by atoms with Crippen molar-refractivity contribution in [3.8, 4) is 0 Å². The molecule has 0 amide bonds. The first-order valence-corrected chi connectivity index (χ1v) is 10.0. The molecule has 0 saturated carbocycles. The number of nitrogens with one attached hydrogen (secondary N) is 1. The van der Waals surface area contributed by atoms with Crippen LogP contribution in [0, 0.1) is 0 Å². The van der Waals surface area contributed by atoms with Crippen LogP contribution in [0.1, 0.15) is 70.3 Å². The van der Waals surface area contributed by atoms with Crippen LogP contribution < -0.4 is 5.32 Å². The lowest BCUT2D eigenvalue weighted by Crippen LogP contribution is -1.99. The van der Waals surface area contributed by atoms with Crippen LogP contribution in [0.4, 0.5) is 5.69 Å². The van der Waals surface area contributed by atoms with E-state index < -0.39 is 0 Å². The van der Waals surface area contributed by atoms with Gasteiger partial charge in [0, 0.05) is 17.8 Å². The van der Waals surface area contributed by atoms with E-state index in [0.29, 0.717) is 5.78 Å². The second kappa shape index (κ2) is 11.5. The molecule has 1 aromatic carbocycles. The first-order valence-electron chi connectivity index (χ1n) is 10.0. The monoisotopic (exact) mass is 351 g/mol. The van der Waals surface area contributed by atoms with Crippen molar-refractivity contribution in [1.82, 2.24) is 0 Å². The number of benzene rings is 1. The number of ketones is 1. The van der Waals surface area contributed by atoms with Crippen molar-refractivity contribution in [2.75, 3.05) is 5.32 Å². The van der Waals surface area contributed by atoms with Crippen molar-refractivity contribution in [1.29, 1.82) is 0 Å². The second-order valence-corrected chi connectivity index (χ2v) is 7.30. The van der Waals surface area contributed by atoms with Gasteiger partial charge in [-0.15, -0.1) is 0 Å². The number of Topliss-reactive ketones (excluding diaryl/α,β-unsaturated/α-hetero) is 1. The van der Waals surface area contributed by atoms with E-state index in [4.69, 9.17) is 0 Å². The number of unbranched alkanes of at least 4 members (excludes halogenated alkanes) is 3. The molecule has 0 heterocycles. The highest BCUT2D eigenvalue weighted by Gasteiger charge is 2.02. The van der Waals surface area contributed by atoms with Crippen LogP contribution in [0.15, 0.2) is 60.3 Å². The van der Waals surface area contributed by atoms with Crippen LogP contribution in [0.25, 0.3) is 0 Å².